The Morgan fingerprint density at radius 3 is 2.70 bits per heavy atom. The fourth-order valence-corrected chi connectivity index (χ4v) is 3.55. The lowest BCUT2D eigenvalue weighted by Gasteiger charge is -2.19. The molecule has 2 amide bonds. The van der Waals surface area contributed by atoms with Crippen LogP contribution in [0.25, 0.3) is 10.8 Å². The van der Waals surface area contributed by atoms with Gasteiger partial charge >= 0.3 is 0 Å². The molecule has 5 heteroatoms. The van der Waals surface area contributed by atoms with Crippen molar-refractivity contribution in [1.82, 2.24) is 0 Å². The predicted octanol–water partition coefficient (Wildman–Crippen LogP) is 3.32. The number of benzene rings is 3. The van der Waals surface area contributed by atoms with Crippen LogP contribution < -0.4 is 10.2 Å². The number of anilines is 2. The molecule has 0 spiro atoms. The van der Waals surface area contributed by atoms with E-state index in [0.29, 0.717) is 12.2 Å². The molecular weight excluding hydrogens is 340 g/mol. The van der Waals surface area contributed by atoms with E-state index in [1.807, 2.05) is 42.5 Å². The second-order valence-corrected chi connectivity index (χ2v) is 6.75. The van der Waals surface area contributed by atoms with E-state index in [0.717, 1.165) is 22.0 Å². The Bertz CT molecular complexity index is 1010. The van der Waals surface area contributed by atoms with Gasteiger partial charge in [0.05, 0.1) is 18.2 Å². The van der Waals surface area contributed by atoms with Gasteiger partial charge in [0, 0.05) is 24.0 Å². The van der Waals surface area contributed by atoms with Crippen LogP contribution in [0.15, 0.2) is 66.7 Å². The lowest BCUT2D eigenvalue weighted by molar-refractivity contribution is -0.122. The van der Waals surface area contributed by atoms with Crippen LogP contribution in [0.2, 0.25) is 0 Å². The monoisotopic (exact) mass is 360 g/mol. The van der Waals surface area contributed by atoms with E-state index < -0.39 is 5.92 Å². The first kappa shape index (κ1) is 17.2. The van der Waals surface area contributed by atoms with E-state index in [1.165, 1.54) is 0 Å². The molecule has 3 aromatic carbocycles. The highest BCUT2D eigenvalue weighted by Crippen LogP contribution is 2.32. The number of rotatable bonds is 4. The number of amides is 2. The molecule has 1 fully saturated rings. The van der Waals surface area contributed by atoms with Crippen molar-refractivity contribution in [3.05, 3.63) is 72.3 Å². The van der Waals surface area contributed by atoms with Crippen molar-refractivity contribution in [3.63, 3.8) is 0 Å². The number of aliphatic hydroxyl groups excluding tert-OH is 1. The van der Waals surface area contributed by atoms with Gasteiger partial charge in [0.2, 0.25) is 11.8 Å². The number of nitrogens with zero attached hydrogens (tertiary/aromatic N) is 1. The van der Waals surface area contributed by atoms with Gasteiger partial charge in [-0.05, 0) is 29.1 Å². The van der Waals surface area contributed by atoms with Gasteiger partial charge in [-0.1, -0.05) is 48.5 Å². The molecule has 0 bridgehead atoms. The SMILES string of the molecule is O=C(Nc1cccc(CO)c1)C1CC(=O)N(c2cccc3ccccc23)C1. The average Bonchev–Trinajstić information content (AvgIpc) is 3.09. The molecule has 1 unspecified atom stereocenters. The number of aliphatic hydroxyl groups is 1. The van der Waals surface area contributed by atoms with Gasteiger partial charge in [0.25, 0.3) is 0 Å². The summed E-state index contributed by atoms with van der Waals surface area (Å²) in [7, 11) is 0. The van der Waals surface area contributed by atoms with Crippen molar-refractivity contribution in [2.45, 2.75) is 13.0 Å². The maximum absolute atomic E-state index is 12.6. The Balaban J connectivity index is 1.54. The smallest absolute Gasteiger partial charge is 0.229 e. The summed E-state index contributed by atoms with van der Waals surface area (Å²) in [6.07, 6.45) is 0.189. The van der Waals surface area contributed by atoms with Crippen LogP contribution in [0.5, 0.6) is 0 Å². The Morgan fingerprint density at radius 2 is 1.85 bits per heavy atom. The molecule has 2 N–H and O–H groups in total. The third kappa shape index (κ3) is 3.41. The normalized spacial score (nSPS) is 16.7. The van der Waals surface area contributed by atoms with Gasteiger partial charge in [-0.25, -0.2) is 0 Å². The fraction of sp³-hybridized carbons (Fsp3) is 0.182. The molecular formula is C22H20N2O3. The second kappa shape index (κ2) is 7.21. The number of nitrogens with one attached hydrogen (secondary N) is 1. The van der Waals surface area contributed by atoms with E-state index in [1.54, 1.807) is 29.2 Å². The van der Waals surface area contributed by atoms with Crippen molar-refractivity contribution in [2.75, 3.05) is 16.8 Å². The highest BCUT2D eigenvalue weighted by molar-refractivity contribution is 6.08. The molecule has 0 aliphatic carbocycles. The number of carbonyl (C=O) groups is 2. The lowest BCUT2D eigenvalue weighted by Crippen LogP contribution is -2.28. The molecule has 1 heterocycles. The van der Waals surface area contributed by atoms with Gasteiger partial charge in [0.15, 0.2) is 0 Å². The van der Waals surface area contributed by atoms with Gasteiger partial charge in [-0.2, -0.15) is 0 Å². The van der Waals surface area contributed by atoms with Crippen LogP contribution in [0.4, 0.5) is 11.4 Å². The standard InChI is InChI=1S/C22H20N2O3/c25-14-15-5-3-8-18(11-15)23-22(27)17-12-21(26)24(13-17)20-10-4-7-16-6-1-2-9-19(16)20/h1-11,17,25H,12-14H2,(H,23,27). The average molecular weight is 360 g/mol. The van der Waals surface area contributed by atoms with Gasteiger partial charge in [-0.3, -0.25) is 9.59 Å². The van der Waals surface area contributed by atoms with Gasteiger partial charge < -0.3 is 15.3 Å². The first-order chi connectivity index (χ1) is 13.2. The van der Waals surface area contributed by atoms with Crippen LogP contribution in [0.3, 0.4) is 0 Å². The predicted molar refractivity (Wildman–Crippen MR) is 105 cm³/mol. The summed E-state index contributed by atoms with van der Waals surface area (Å²) < 4.78 is 0. The minimum Gasteiger partial charge on any atom is -0.392 e. The van der Waals surface area contributed by atoms with Crippen molar-refractivity contribution in [2.24, 2.45) is 5.92 Å². The zero-order valence-electron chi connectivity index (χ0n) is 14.8. The minimum atomic E-state index is -0.408. The van der Waals surface area contributed by atoms with Crippen LogP contribution in [-0.4, -0.2) is 23.5 Å². The number of hydrogen-bond acceptors (Lipinski definition) is 3. The highest BCUT2D eigenvalue weighted by atomic mass is 16.3. The zero-order chi connectivity index (χ0) is 18.8. The third-order valence-corrected chi connectivity index (χ3v) is 4.93. The zero-order valence-corrected chi connectivity index (χ0v) is 14.8. The fourth-order valence-electron chi connectivity index (χ4n) is 3.55. The van der Waals surface area contributed by atoms with Crippen molar-refractivity contribution < 1.29 is 14.7 Å². The van der Waals surface area contributed by atoms with Crippen LogP contribution in [0.1, 0.15) is 12.0 Å². The Labute approximate surface area is 157 Å². The molecule has 27 heavy (non-hydrogen) atoms. The van der Waals surface area contributed by atoms with Crippen molar-refractivity contribution in [3.8, 4) is 0 Å². The lowest BCUT2D eigenvalue weighted by atomic mass is 10.1. The van der Waals surface area contributed by atoms with E-state index in [-0.39, 0.29) is 24.8 Å². The Kier molecular flexibility index (Phi) is 4.60. The Hall–Kier alpha value is -3.18. The van der Waals surface area contributed by atoms with E-state index in [2.05, 4.69) is 5.32 Å². The summed E-state index contributed by atoms with van der Waals surface area (Å²) in [6.45, 7) is 0.277. The van der Waals surface area contributed by atoms with E-state index >= 15 is 0 Å². The molecule has 0 radical (unpaired) electrons. The molecule has 136 valence electrons. The van der Waals surface area contributed by atoms with Gasteiger partial charge in [-0.15, -0.1) is 0 Å². The summed E-state index contributed by atoms with van der Waals surface area (Å²) in [5.41, 5.74) is 2.20. The molecule has 1 aliphatic rings. The number of carbonyl (C=O) groups excluding carboxylic acids is 2. The topological polar surface area (TPSA) is 69.6 Å². The molecule has 0 saturated carbocycles. The first-order valence-electron chi connectivity index (χ1n) is 8.94. The largest absolute Gasteiger partial charge is 0.392 e. The minimum absolute atomic E-state index is 0.0457. The summed E-state index contributed by atoms with van der Waals surface area (Å²) in [5.74, 6) is -0.633. The van der Waals surface area contributed by atoms with Gasteiger partial charge in [0.1, 0.15) is 0 Å². The summed E-state index contributed by atoms with van der Waals surface area (Å²) in [5, 5.41) is 14.2. The second-order valence-electron chi connectivity index (χ2n) is 6.75. The molecule has 1 saturated heterocycles. The van der Waals surface area contributed by atoms with Crippen molar-refractivity contribution in [1.29, 1.82) is 0 Å². The summed E-state index contributed by atoms with van der Waals surface area (Å²) in [6, 6.07) is 20.9. The molecule has 3 aromatic rings. The molecule has 1 aliphatic heterocycles. The number of fused-ring (bicyclic) bond motifs is 1. The summed E-state index contributed by atoms with van der Waals surface area (Å²) in [4.78, 5) is 27.0. The maximum Gasteiger partial charge on any atom is 0.229 e. The molecule has 5 nitrogen and oxygen atoms in total. The van der Waals surface area contributed by atoms with E-state index in [9.17, 15) is 14.7 Å². The molecule has 0 aromatic heterocycles. The van der Waals surface area contributed by atoms with Crippen LogP contribution >= 0.6 is 0 Å². The van der Waals surface area contributed by atoms with Crippen LogP contribution in [0, 0.1) is 5.92 Å². The highest BCUT2D eigenvalue weighted by Gasteiger charge is 2.35. The van der Waals surface area contributed by atoms with Crippen molar-refractivity contribution >= 4 is 34.0 Å². The number of hydrogen-bond donors (Lipinski definition) is 2. The maximum atomic E-state index is 12.6. The third-order valence-electron chi connectivity index (χ3n) is 4.93. The summed E-state index contributed by atoms with van der Waals surface area (Å²) >= 11 is 0. The first-order valence-corrected chi connectivity index (χ1v) is 8.94. The van der Waals surface area contributed by atoms with E-state index in [4.69, 9.17) is 0 Å². The Morgan fingerprint density at radius 1 is 1.07 bits per heavy atom. The molecule has 4 rings (SSSR count). The van der Waals surface area contributed by atoms with Crippen LogP contribution in [-0.2, 0) is 16.2 Å². The quantitative estimate of drug-likeness (QED) is 0.750. The molecule has 1 atom stereocenters.